The van der Waals surface area contributed by atoms with Gasteiger partial charge in [0.05, 0.1) is 30.7 Å². The number of carbonyl (C=O) groups excluding carboxylic acids is 5. The van der Waals surface area contributed by atoms with Crippen molar-refractivity contribution < 1.29 is 39.0 Å². The first-order chi connectivity index (χ1) is 17.1. The van der Waals surface area contributed by atoms with Crippen molar-refractivity contribution in [1.82, 2.24) is 31.2 Å². The molecule has 37 heavy (non-hydrogen) atoms. The number of hydrogen-bond acceptors (Lipinski definition) is 9. The van der Waals surface area contributed by atoms with Crippen molar-refractivity contribution in [3.05, 3.63) is 18.2 Å². The average molecular weight is 527 g/mol. The number of aromatic amines is 1. The van der Waals surface area contributed by atoms with Crippen molar-refractivity contribution in [2.75, 3.05) is 6.54 Å². The summed E-state index contributed by atoms with van der Waals surface area (Å²) in [7, 11) is 0. The summed E-state index contributed by atoms with van der Waals surface area (Å²) >= 11 is 0. The standard InChI is InChI=1S/C21H34N8O8/c1-10(30)16(19(35)36)28-15(32)8-25-18(34)13(4-5-14(23)31)27-20(37)21(2,3)29-17(33)12(22)6-11-7-24-9-26-11/h7,9-10,12-13,16,30H,4-6,8,22H2,1-3H3,(H2,23,31)(H,24,26)(H,25,34)(H,27,37)(H,28,32)(H,29,33)(H,35,36)/t10-,12+,13+,16+/m1/s1. The molecule has 1 rings (SSSR count). The number of amides is 5. The van der Waals surface area contributed by atoms with Gasteiger partial charge in [0, 0.05) is 19.0 Å². The van der Waals surface area contributed by atoms with E-state index in [1.165, 1.54) is 20.2 Å². The number of primary amides is 1. The van der Waals surface area contributed by atoms with Crippen LogP contribution in [0.25, 0.3) is 0 Å². The Morgan fingerprint density at radius 3 is 2.30 bits per heavy atom. The Morgan fingerprint density at radius 1 is 1.14 bits per heavy atom. The van der Waals surface area contributed by atoms with Crippen LogP contribution in [0.4, 0.5) is 0 Å². The van der Waals surface area contributed by atoms with Crippen LogP contribution in [0, 0.1) is 0 Å². The molecule has 0 spiro atoms. The van der Waals surface area contributed by atoms with Gasteiger partial charge < -0.3 is 47.9 Å². The molecule has 0 radical (unpaired) electrons. The normalized spacial score (nSPS) is 14.4. The van der Waals surface area contributed by atoms with Crippen molar-refractivity contribution in [1.29, 1.82) is 0 Å². The molecule has 1 heterocycles. The highest BCUT2D eigenvalue weighted by molar-refractivity contribution is 5.96. The maximum atomic E-state index is 12.9. The highest BCUT2D eigenvalue weighted by Crippen LogP contribution is 2.07. The highest BCUT2D eigenvalue weighted by atomic mass is 16.4. The number of aliphatic hydroxyl groups excluding tert-OH is 1. The molecular weight excluding hydrogens is 492 g/mol. The molecule has 1 aromatic heterocycles. The number of imidazole rings is 1. The molecule has 0 bridgehead atoms. The number of carbonyl (C=O) groups is 6. The summed E-state index contributed by atoms with van der Waals surface area (Å²) in [5.41, 5.74) is 10.0. The van der Waals surface area contributed by atoms with Crippen molar-refractivity contribution >= 4 is 35.5 Å². The van der Waals surface area contributed by atoms with E-state index in [4.69, 9.17) is 16.6 Å². The quantitative estimate of drug-likeness (QED) is 0.107. The van der Waals surface area contributed by atoms with Crippen LogP contribution in [-0.4, -0.2) is 92.0 Å². The zero-order chi connectivity index (χ0) is 28.3. The Balaban J connectivity index is 2.79. The number of H-pyrrole nitrogens is 1. The van der Waals surface area contributed by atoms with Crippen LogP contribution in [0.5, 0.6) is 0 Å². The lowest BCUT2D eigenvalue weighted by Crippen LogP contribution is -2.61. The number of nitrogens with zero attached hydrogens (tertiary/aromatic N) is 1. The largest absolute Gasteiger partial charge is 0.480 e. The Kier molecular flexibility index (Phi) is 11.6. The van der Waals surface area contributed by atoms with Gasteiger partial charge in [-0.3, -0.25) is 24.0 Å². The fourth-order valence-electron chi connectivity index (χ4n) is 2.98. The average Bonchev–Trinajstić information content (AvgIpc) is 3.30. The molecule has 0 saturated carbocycles. The van der Waals surface area contributed by atoms with Gasteiger partial charge in [0.15, 0.2) is 6.04 Å². The molecule has 0 fully saturated rings. The van der Waals surface area contributed by atoms with Crippen molar-refractivity contribution in [3.63, 3.8) is 0 Å². The second-order valence-corrected chi connectivity index (χ2v) is 8.86. The van der Waals surface area contributed by atoms with Gasteiger partial charge in [0.25, 0.3) is 0 Å². The van der Waals surface area contributed by atoms with Crippen LogP contribution >= 0.6 is 0 Å². The van der Waals surface area contributed by atoms with E-state index in [-0.39, 0.29) is 19.3 Å². The molecule has 0 unspecified atom stereocenters. The van der Waals surface area contributed by atoms with E-state index in [2.05, 4.69) is 25.9 Å². The summed E-state index contributed by atoms with van der Waals surface area (Å²) in [4.78, 5) is 79.1. The van der Waals surface area contributed by atoms with Crippen LogP contribution in [0.3, 0.4) is 0 Å². The Labute approximate surface area is 212 Å². The number of carboxylic acids is 1. The summed E-state index contributed by atoms with van der Waals surface area (Å²) in [5, 5.41) is 27.6. The number of nitrogens with two attached hydrogens (primary N) is 2. The van der Waals surface area contributed by atoms with E-state index >= 15 is 0 Å². The number of aliphatic hydroxyl groups is 1. The van der Waals surface area contributed by atoms with Gasteiger partial charge in [-0.05, 0) is 27.2 Å². The molecule has 16 heteroatoms. The fourth-order valence-corrected chi connectivity index (χ4v) is 2.98. The lowest BCUT2D eigenvalue weighted by molar-refractivity contribution is -0.144. The maximum Gasteiger partial charge on any atom is 0.328 e. The molecule has 0 aliphatic rings. The first-order valence-electron chi connectivity index (χ1n) is 11.3. The molecule has 206 valence electrons. The fraction of sp³-hybridized carbons (Fsp3) is 0.571. The second-order valence-electron chi connectivity index (χ2n) is 8.86. The van der Waals surface area contributed by atoms with Crippen LogP contribution in [-0.2, 0) is 35.2 Å². The lowest BCUT2D eigenvalue weighted by atomic mass is 10.0. The van der Waals surface area contributed by atoms with Crippen molar-refractivity contribution in [3.8, 4) is 0 Å². The van der Waals surface area contributed by atoms with Gasteiger partial charge in [-0.15, -0.1) is 0 Å². The summed E-state index contributed by atoms with van der Waals surface area (Å²) in [6, 6.07) is -3.94. The minimum atomic E-state index is -1.60. The van der Waals surface area contributed by atoms with Crippen LogP contribution < -0.4 is 32.7 Å². The van der Waals surface area contributed by atoms with Crippen LogP contribution in [0.1, 0.15) is 39.3 Å². The number of nitrogens with one attached hydrogen (secondary N) is 5. The van der Waals surface area contributed by atoms with E-state index in [9.17, 15) is 33.9 Å². The van der Waals surface area contributed by atoms with Crippen molar-refractivity contribution in [2.24, 2.45) is 11.5 Å². The summed E-state index contributed by atoms with van der Waals surface area (Å²) in [6.45, 7) is 3.23. The van der Waals surface area contributed by atoms with E-state index < -0.39 is 71.8 Å². The van der Waals surface area contributed by atoms with Gasteiger partial charge in [-0.2, -0.15) is 0 Å². The molecule has 16 nitrogen and oxygen atoms in total. The van der Waals surface area contributed by atoms with Crippen molar-refractivity contribution in [2.45, 2.75) is 69.8 Å². The molecule has 4 atom stereocenters. The summed E-state index contributed by atoms with van der Waals surface area (Å²) in [5.74, 6) is -5.45. The molecule has 0 aliphatic carbocycles. The van der Waals surface area contributed by atoms with Crippen LogP contribution in [0.2, 0.25) is 0 Å². The Hall–Kier alpha value is -4.05. The number of rotatable bonds is 15. The van der Waals surface area contributed by atoms with E-state index in [1.54, 1.807) is 6.20 Å². The van der Waals surface area contributed by atoms with Crippen LogP contribution in [0.15, 0.2) is 12.5 Å². The zero-order valence-electron chi connectivity index (χ0n) is 20.7. The third kappa shape index (κ3) is 10.6. The highest BCUT2D eigenvalue weighted by Gasteiger charge is 2.34. The van der Waals surface area contributed by atoms with Gasteiger partial charge in [0.2, 0.25) is 29.5 Å². The van der Waals surface area contributed by atoms with Gasteiger partial charge in [-0.25, -0.2) is 9.78 Å². The van der Waals surface area contributed by atoms with Gasteiger partial charge in [-0.1, -0.05) is 0 Å². The zero-order valence-corrected chi connectivity index (χ0v) is 20.7. The molecule has 0 aromatic carbocycles. The predicted octanol–water partition coefficient (Wildman–Crippen LogP) is -4.01. The molecule has 5 amide bonds. The molecule has 11 N–H and O–H groups in total. The number of hydrogen-bond donors (Lipinski definition) is 9. The third-order valence-corrected chi connectivity index (χ3v) is 5.11. The minimum Gasteiger partial charge on any atom is -0.480 e. The van der Waals surface area contributed by atoms with E-state index in [0.717, 1.165) is 6.92 Å². The minimum absolute atomic E-state index is 0.108. The third-order valence-electron chi connectivity index (χ3n) is 5.11. The Bertz CT molecular complexity index is 979. The first kappa shape index (κ1) is 31.0. The number of aromatic nitrogens is 2. The smallest absolute Gasteiger partial charge is 0.328 e. The Morgan fingerprint density at radius 2 is 1.78 bits per heavy atom. The molecular formula is C21H34N8O8. The number of carboxylic acid groups (broad SMARTS) is 1. The molecule has 1 aromatic rings. The molecule has 0 saturated heterocycles. The monoisotopic (exact) mass is 526 g/mol. The predicted molar refractivity (Wildman–Crippen MR) is 127 cm³/mol. The summed E-state index contributed by atoms with van der Waals surface area (Å²) < 4.78 is 0. The topological polar surface area (TPSA) is 272 Å². The van der Waals surface area contributed by atoms with Gasteiger partial charge in [0.1, 0.15) is 11.6 Å². The SMILES string of the molecule is C[C@@H](O)[C@H](NC(=O)CNC(=O)[C@H](CCC(N)=O)NC(=O)C(C)(C)NC(=O)[C@@H](N)Cc1c[nH]cn1)C(=O)O. The second kappa shape index (κ2) is 13.9. The molecule has 0 aliphatic heterocycles. The van der Waals surface area contributed by atoms with E-state index in [0.29, 0.717) is 5.69 Å². The first-order valence-corrected chi connectivity index (χ1v) is 11.3. The van der Waals surface area contributed by atoms with Gasteiger partial charge >= 0.3 is 5.97 Å². The van der Waals surface area contributed by atoms with E-state index in [1.807, 2.05) is 5.32 Å². The number of aliphatic carboxylic acids is 1. The maximum absolute atomic E-state index is 12.9. The summed E-state index contributed by atoms with van der Waals surface area (Å²) in [6.07, 6.45) is 1.20. The lowest BCUT2D eigenvalue weighted by Gasteiger charge is -2.29.